The monoisotopic (exact) mass is 276 g/mol. The minimum absolute atomic E-state index is 0.224. The number of aliphatic hydroxyl groups excluding tert-OH is 1. The van der Waals surface area contributed by atoms with Gasteiger partial charge in [-0.25, -0.2) is 0 Å². The molecule has 0 spiro atoms. The van der Waals surface area contributed by atoms with Gasteiger partial charge in [0.1, 0.15) is 0 Å². The van der Waals surface area contributed by atoms with Crippen LogP contribution in [0.1, 0.15) is 31.9 Å². The molecule has 1 rings (SSSR count). The second-order valence-electron chi connectivity index (χ2n) is 3.50. The molecule has 0 bridgehead atoms. The zero-order valence-corrected chi connectivity index (χ0v) is 10.6. The van der Waals surface area contributed by atoms with E-state index in [2.05, 4.69) is 22.9 Å². The molecule has 1 aromatic carbocycles. The Morgan fingerprint density at radius 1 is 1.50 bits per heavy atom. The van der Waals surface area contributed by atoms with Gasteiger partial charge in [-0.3, -0.25) is 0 Å². The summed E-state index contributed by atoms with van der Waals surface area (Å²) in [5.41, 5.74) is 0.801. The van der Waals surface area contributed by atoms with Crippen LogP contribution in [0.2, 0.25) is 5.02 Å². The summed E-state index contributed by atoms with van der Waals surface area (Å²) in [7, 11) is 0. The molecule has 1 N–H and O–H groups in total. The molecule has 0 radical (unpaired) electrons. The third kappa shape index (κ3) is 2.72. The highest BCUT2D eigenvalue weighted by Crippen LogP contribution is 2.31. The van der Waals surface area contributed by atoms with E-state index in [0.717, 1.165) is 16.5 Å². The van der Waals surface area contributed by atoms with E-state index in [-0.39, 0.29) is 5.92 Å². The van der Waals surface area contributed by atoms with Crippen molar-refractivity contribution in [2.75, 3.05) is 0 Å². The highest BCUT2D eigenvalue weighted by molar-refractivity contribution is 9.10. The van der Waals surface area contributed by atoms with Gasteiger partial charge in [-0.2, -0.15) is 0 Å². The first-order valence-corrected chi connectivity index (χ1v) is 5.86. The Kier molecular flexibility index (Phi) is 4.42. The molecule has 0 amide bonds. The smallest absolute Gasteiger partial charge is 0.0830 e. The standard InChI is InChI=1S/C11H14BrClO/c1-3-7(2)11(14)9-6-8(12)4-5-10(9)13/h4-7,11,14H,3H2,1-2H3. The van der Waals surface area contributed by atoms with Gasteiger partial charge < -0.3 is 5.11 Å². The molecular weight excluding hydrogens is 263 g/mol. The van der Waals surface area contributed by atoms with Crippen LogP contribution in [-0.2, 0) is 0 Å². The summed E-state index contributed by atoms with van der Waals surface area (Å²) < 4.78 is 0.944. The number of hydrogen-bond acceptors (Lipinski definition) is 1. The van der Waals surface area contributed by atoms with Crippen LogP contribution in [-0.4, -0.2) is 5.11 Å². The Labute approximate surface area is 98.2 Å². The highest BCUT2D eigenvalue weighted by atomic mass is 79.9. The number of halogens is 2. The van der Waals surface area contributed by atoms with Crippen LogP contribution in [0.15, 0.2) is 22.7 Å². The summed E-state index contributed by atoms with van der Waals surface area (Å²) in [5, 5.41) is 10.6. The van der Waals surface area contributed by atoms with E-state index >= 15 is 0 Å². The van der Waals surface area contributed by atoms with Crippen LogP contribution in [0.4, 0.5) is 0 Å². The first-order valence-electron chi connectivity index (χ1n) is 4.69. The second kappa shape index (κ2) is 5.15. The fourth-order valence-corrected chi connectivity index (χ4v) is 1.88. The lowest BCUT2D eigenvalue weighted by atomic mass is 9.95. The van der Waals surface area contributed by atoms with E-state index in [0.29, 0.717) is 5.02 Å². The molecule has 0 fully saturated rings. The molecule has 2 unspecified atom stereocenters. The van der Waals surface area contributed by atoms with Crippen molar-refractivity contribution >= 4 is 27.5 Å². The van der Waals surface area contributed by atoms with Crippen molar-refractivity contribution in [3.8, 4) is 0 Å². The van der Waals surface area contributed by atoms with Crippen molar-refractivity contribution in [2.45, 2.75) is 26.4 Å². The molecule has 0 aromatic heterocycles. The topological polar surface area (TPSA) is 20.2 Å². The first-order chi connectivity index (χ1) is 6.56. The van der Waals surface area contributed by atoms with Gasteiger partial charge in [-0.15, -0.1) is 0 Å². The van der Waals surface area contributed by atoms with E-state index in [4.69, 9.17) is 11.6 Å². The van der Waals surface area contributed by atoms with Crippen LogP contribution >= 0.6 is 27.5 Å². The van der Waals surface area contributed by atoms with Gasteiger partial charge in [0.25, 0.3) is 0 Å². The summed E-state index contributed by atoms with van der Waals surface area (Å²) in [4.78, 5) is 0. The normalized spacial score (nSPS) is 15.2. The van der Waals surface area contributed by atoms with Gasteiger partial charge in [0, 0.05) is 15.1 Å². The van der Waals surface area contributed by atoms with Crippen molar-refractivity contribution in [2.24, 2.45) is 5.92 Å². The molecule has 2 atom stereocenters. The Morgan fingerprint density at radius 2 is 2.14 bits per heavy atom. The van der Waals surface area contributed by atoms with Crippen LogP contribution in [0, 0.1) is 5.92 Å². The Hall–Kier alpha value is -0.0500. The largest absolute Gasteiger partial charge is 0.388 e. The lowest BCUT2D eigenvalue weighted by Gasteiger charge is -2.18. The minimum Gasteiger partial charge on any atom is -0.388 e. The number of hydrogen-bond donors (Lipinski definition) is 1. The number of rotatable bonds is 3. The maximum Gasteiger partial charge on any atom is 0.0830 e. The predicted octanol–water partition coefficient (Wildman–Crippen LogP) is 4.18. The molecule has 1 aromatic rings. The zero-order valence-electron chi connectivity index (χ0n) is 8.30. The molecule has 0 saturated heterocycles. The quantitative estimate of drug-likeness (QED) is 0.878. The van der Waals surface area contributed by atoms with Crippen LogP contribution in [0.5, 0.6) is 0 Å². The Morgan fingerprint density at radius 3 is 2.71 bits per heavy atom. The van der Waals surface area contributed by atoms with Crippen molar-refractivity contribution in [1.82, 2.24) is 0 Å². The maximum absolute atomic E-state index is 9.99. The van der Waals surface area contributed by atoms with Crippen LogP contribution in [0.25, 0.3) is 0 Å². The van der Waals surface area contributed by atoms with Crippen molar-refractivity contribution in [1.29, 1.82) is 0 Å². The molecule has 3 heteroatoms. The molecule has 0 aliphatic rings. The van der Waals surface area contributed by atoms with E-state index in [1.807, 2.05) is 19.1 Å². The number of aliphatic hydroxyl groups is 1. The average molecular weight is 278 g/mol. The van der Waals surface area contributed by atoms with Crippen LogP contribution < -0.4 is 0 Å². The molecule has 0 aliphatic heterocycles. The van der Waals surface area contributed by atoms with Gasteiger partial charge in [-0.05, 0) is 24.1 Å². The molecular formula is C11H14BrClO. The molecule has 14 heavy (non-hydrogen) atoms. The summed E-state index contributed by atoms with van der Waals surface area (Å²) >= 11 is 9.38. The fraction of sp³-hybridized carbons (Fsp3) is 0.455. The minimum atomic E-state index is -0.481. The van der Waals surface area contributed by atoms with Gasteiger partial charge in [0.2, 0.25) is 0 Å². The summed E-state index contributed by atoms with van der Waals surface area (Å²) in [6, 6.07) is 5.54. The third-order valence-electron chi connectivity index (χ3n) is 2.46. The zero-order chi connectivity index (χ0) is 10.7. The second-order valence-corrected chi connectivity index (χ2v) is 4.82. The highest BCUT2D eigenvalue weighted by Gasteiger charge is 2.17. The first kappa shape index (κ1) is 12.0. The van der Waals surface area contributed by atoms with Crippen molar-refractivity contribution < 1.29 is 5.11 Å². The summed E-state index contributed by atoms with van der Waals surface area (Å²) in [6.07, 6.45) is 0.453. The van der Waals surface area contributed by atoms with E-state index < -0.39 is 6.10 Å². The summed E-state index contributed by atoms with van der Waals surface area (Å²) in [5.74, 6) is 0.224. The lowest BCUT2D eigenvalue weighted by molar-refractivity contribution is 0.115. The van der Waals surface area contributed by atoms with Crippen molar-refractivity contribution in [3.05, 3.63) is 33.3 Å². The van der Waals surface area contributed by atoms with Crippen LogP contribution in [0.3, 0.4) is 0 Å². The molecule has 78 valence electrons. The average Bonchev–Trinajstić information content (AvgIpc) is 2.19. The fourth-order valence-electron chi connectivity index (χ4n) is 1.27. The lowest BCUT2D eigenvalue weighted by Crippen LogP contribution is -2.08. The Bertz CT molecular complexity index is 314. The van der Waals surface area contributed by atoms with E-state index in [1.165, 1.54) is 0 Å². The van der Waals surface area contributed by atoms with Gasteiger partial charge >= 0.3 is 0 Å². The van der Waals surface area contributed by atoms with Gasteiger partial charge in [-0.1, -0.05) is 47.8 Å². The molecule has 1 nitrogen and oxygen atoms in total. The Balaban J connectivity index is 2.99. The summed E-state index contributed by atoms with van der Waals surface area (Å²) in [6.45, 7) is 4.07. The van der Waals surface area contributed by atoms with Gasteiger partial charge in [0.05, 0.1) is 6.10 Å². The maximum atomic E-state index is 9.99. The molecule has 0 aliphatic carbocycles. The SMILES string of the molecule is CCC(C)C(O)c1cc(Br)ccc1Cl. The predicted molar refractivity (Wildman–Crippen MR) is 63.6 cm³/mol. The van der Waals surface area contributed by atoms with Gasteiger partial charge in [0.15, 0.2) is 0 Å². The van der Waals surface area contributed by atoms with Crippen molar-refractivity contribution in [3.63, 3.8) is 0 Å². The molecule has 0 saturated carbocycles. The number of benzene rings is 1. The van der Waals surface area contributed by atoms with E-state index in [9.17, 15) is 5.11 Å². The van der Waals surface area contributed by atoms with E-state index in [1.54, 1.807) is 6.07 Å². The third-order valence-corrected chi connectivity index (χ3v) is 3.30. The molecule has 0 heterocycles.